The molecule has 0 heterocycles. The van der Waals surface area contributed by atoms with E-state index in [1.54, 1.807) is 66.5 Å². The first-order chi connectivity index (χ1) is 18.6. The van der Waals surface area contributed by atoms with E-state index in [2.05, 4.69) is 40.1 Å². The molecule has 0 atom stereocenters. The van der Waals surface area contributed by atoms with Crippen LogP contribution in [0.4, 0.5) is 5.69 Å². The number of thioether (sulfide) groups is 1. The van der Waals surface area contributed by atoms with Gasteiger partial charge in [-0.05, 0) is 64.2 Å². The number of carbonyl (C=O) groups excluding carboxylic acids is 2. The molecule has 8 heteroatoms. The molecule has 2 N–H and O–H groups in total. The van der Waals surface area contributed by atoms with Crippen molar-refractivity contribution in [1.29, 1.82) is 0 Å². The van der Waals surface area contributed by atoms with Crippen LogP contribution < -0.4 is 15.5 Å². The Labute approximate surface area is 230 Å². The number of benzene rings is 4. The maximum Gasteiger partial charge on any atom is 0.262 e. The Morgan fingerprint density at radius 1 is 0.842 bits per heavy atom. The normalized spacial score (nSPS) is 12.1. The largest absolute Gasteiger partial charge is 0.484 e. The highest BCUT2D eigenvalue weighted by atomic mass is 35.5. The zero-order valence-electron chi connectivity index (χ0n) is 20.3. The lowest BCUT2D eigenvalue weighted by Gasteiger charge is -2.12. The summed E-state index contributed by atoms with van der Waals surface area (Å²) in [6.45, 7) is -0.150. The Bertz CT molecular complexity index is 1440. The van der Waals surface area contributed by atoms with Crippen molar-refractivity contribution < 1.29 is 14.3 Å². The number of amides is 2. The Morgan fingerprint density at radius 3 is 2.16 bits per heavy atom. The number of nitrogens with one attached hydrogen (secondary N) is 2. The van der Waals surface area contributed by atoms with Gasteiger partial charge in [0, 0.05) is 0 Å². The number of ether oxygens (including phenoxy) is 1. The standard InChI is InChI=1S/C30H24ClN3O3S/c31-26-11-5-6-12-27(26)33-28(35)18-37-21-15-13-20(14-16-21)17-32-34-29(36)19-38-30-24-9-3-1-7-22(24)23-8-2-4-10-25(23)30/h1-17,30H,18-19H2,(H,33,35)(H,34,36)/b32-17-. The maximum absolute atomic E-state index is 12.5. The first-order valence-electron chi connectivity index (χ1n) is 12.0. The van der Waals surface area contributed by atoms with E-state index in [9.17, 15) is 9.59 Å². The summed E-state index contributed by atoms with van der Waals surface area (Å²) in [6, 6.07) is 30.7. The van der Waals surface area contributed by atoms with Crippen molar-refractivity contribution in [3.8, 4) is 16.9 Å². The van der Waals surface area contributed by atoms with Crippen molar-refractivity contribution in [2.45, 2.75) is 5.25 Å². The molecule has 0 saturated carbocycles. The van der Waals surface area contributed by atoms with Gasteiger partial charge in [-0.15, -0.1) is 11.8 Å². The molecule has 0 unspecified atom stereocenters. The SMILES string of the molecule is O=C(CSC1c2ccccc2-c2ccccc21)N/N=C\c1ccc(OCC(=O)Nc2ccccc2Cl)cc1. The van der Waals surface area contributed by atoms with Crippen LogP contribution in [0.25, 0.3) is 11.1 Å². The maximum atomic E-state index is 12.5. The van der Waals surface area contributed by atoms with Crippen molar-refractivity contribution in [2.24, 2.45) is 5.10 Å². The fourth-order valence-electron chi connectivity index (χ4n) is 4.21. The van der Waals surface area contributed by atoms with Crippen LogP contribution in [0.5, 0.6) is 5.75 Å². The van der Waals surface area contributed by atoms with Crippen molar-refractivity contribution in [3.63, 3.8) is 0 Å². The van der Waals surface area contributed by atoms with Gasteiger partial charge < -0.3 is 10.1 Å². The summed E-state index contributed by atoms with van der Waals surface area (Å²) in [4.78, 5) is 24.6. The monoisotopic (exact) mass is 541 g/mol. The minimum absolute atomic E-state index is 0.122. The molecule has 4 aromatic rings. The highest BCUT2D eigenvalue weighted by Crippen LogP contribution is 2.49. The van der Waals surface area contributed by atoms with E-state index in [1.807, 2.05) is 24.3 Å². The first kappa shape index (κ1) is 25.6. The summed E-state index contributed by atoms with van der Waals surface area (Å²) in [5, 5.41) is 7.37. The number of rotatable bonds is 9. The third-order valence-electron chi connectivity index (χ3n) is 5.96. The van der Waals surface area contributed by atoms with Crippen LogP contribution in [-0.4, -0.2) is 30.4 Å². The van der Waals surface area contributed by atoms with Gasteiger partial charge in [-0.2, -0.15) is 5.10 Å². The number of carbonyl (C=O) groups is 2. The van der Waals surface area contributed by atoms with Crippen molar-refractivity contribution in [2.75, 3.05) is 17.7 Å². The van der Waals surface area contributed by atoms with Gasteiger partial charge in [-0.3, -0.25) is 9.59 Å². The molecule has 0 spiro atoms. The van der Waals surface area contributed by atoms with Gasteiger partial charge in [0.1, 0.15) is 5.75 Å². The highest BCUT2D eigenvalue weighted by Gasteiger charge is 2.28. The van der Waals surface area contributed by atoms with Gasteiger partial charge in [0.15, 0.2) is 6.61 Å². The fourth-order valence-corrected chi connectivity index (χ4v) is 5.54. The van der Waals surface area contributed by atoms with Crippen LogP contribution in [0.1, 0.15) is 21.9 Å². The number of halogens is 1. The molecule has 0 aromatic heterocycles. The fraction of sp³-hybridized carbons (Fsp3) is 0.100. The van der Waals surface area contributed by atoms with Crippen molar-refractivity contribution in [3.05, 3.63) is 119 Å². The van der Waals surface area contributed by atoms with E-state index in [-0.39, 0.29) is 29.4 Å². The summed E-state index contributed by atoms with van der Waals surface area (Å²) in [5.74, 6) is 0.341. The molecule has 0 bridgehead atoms. The van der Waals surface area contributed by atoms with Gasteiger partial charge in [-0.1, -0.05) is 72.3 Å². The number of nitrogens with zero attached hydrogens (tertiary/aromatic N) is 1. The number of hydrogen-bond donors (Lipinski definition) is 2. The zero-order valence-corrected chi connectivity index (χ0v) is 21.8. The molecule has 6 nitrogen and oxygen atoms in total. The topological polar surface area (TPSA) is 79.8 Å². The quantitative estimate of drug-likeness (QED) is 0.192. The highest BCUT2D eigenvalue weighted by molar-refractivity contribution is 8.00. The summed E-state index contributed by atoms with van der Waals surface area (Å²) >= 11 is 7.64. The van der Waals surface area contributed by atoms with E-state index in [0.29, 0.717) is 16.5 Å². The minimum atomic E-state index is -0.311. The number of hydrazone groups is 1. The smallest absolute Gasteiger partial charge is 0.262 e. The number of para-hydroxylation sites is 1. The predicted octanol–water partition coefficient (Wildman–Crippen LogP) is 6.31. The van der Waals surface area contributed by atoms with Crippen LogP contribution >= 0.6 is 23.4 Å². The van der Waals surface area contributed by atoms with Crippen LogP contribution in [-0.2, 0) is 9.59 Å². The summed E-state index contributed by atoms with van der Waals surface area (Å²) in [5.41, 5.74) is 8.85. The van der Waals surface area contributed by atoms with Gasteiger partial charge in [0.05, 0.1) is 27.9 Å². The molecule has 38 heavy (non-hydrogen) atoms. The van der Waals surface area contributed by atoms with Gasteiger partial charge >= 0.3 is 0 Å². The lowest BCUT2D eigenvalue weighted by Crippen LogP contribution is -2.20. The molecule has 1 aliphatic rings. The second-order valence-corrected chi connectivity index (χ2v) is 10.0. The van der Waals surface area contributed by atoms with Crippen LogP contribution in [0.15, 0.2) is 102 Å². The second kappa shape index (κ2) is 12.0. The molecule has 0 radical (unpaired) electrons. The number of fused-ring (bicyclic) bond motifs is 3. The molecule has 2 amide bonds. The summed E-state index contributed by atoms with van der Waals surface area (Å²) in [6.07, 6.45) is 1.57. The lowest BCUT2D eigenvalue weighted by molar-refractivity contribution is -0.119. The molecule has 4 aromatic carbocycles. The average molecular weight is 542 g/mol. The summed E-state index contributed by atoms with van der Waals surface area (Å²) in [7, 11) is 0. The van der Waals surface area contributed by atoms with E-state index >= 15 is 0 Å². The van der Waals surface area contributed by atoms with Gasteiger partial charge in [0.25, 0.3) is 5.91 Å². The Hall–Kier alpha value is -4.07. The van der Waals surface area contributed by atoms with Gasteiger partial charge in [0.2, 0.25) is 5.91 Å². The van der Waals surface area contributed by atoms with Crippen LogP contribution in [0.2, 0.25) is 5.02 Å². The summed E-state index contributed by atoms with van der Waals surface area (Å²) < 4.78 is 5.54. The second-order valence-electron chi connectivity index (χ2n) is 8.54. The van der Waals surface area contributed by atoms with E-state index < -0.39 is 0 Å². The van der Waals surface area contributed by atoms with E-state index in [0.717, 1.165) is 5.56 Å². The molecule has 0 aliphatic heterocycles. The Kier molecular flexibility index (Phi) is 8.06. The Balaban J connectivity index is 1.08. The lowest BCUT2D eigenvalue weighted by atomic mass is 10.1. The average Bonchev–Trinajstić information content (AvgIpc) is 3.26. The Morgan fingerprint density at radius 2 is 1.47 bits per heavy atom. The molecule has 1 aliphatic carbocycles. The van der Waals surface area contributed by atoms with Gasteiger partial charge in [-0.25, -0.2) is 5.43 Å². The third-order valence-corrected chi connectivity index (χ3v) is 7.56. The van der Waals surface area contributed by atoms with Crippen LogP contribution in [0.3, 0.4) is 0 Å². The van der Waals surface area contributed by atoms with E-state index in [4.69, 9.17) is 16.3 Å². The van der Waals surface area contributed by atoms with Crippen molar-refractivity contribution >= 4 is 47.1 Å². The first-order valence-corrected chi connectivity index (χ1v) is 13.4. The van der Waals surface area contributed by atoms with Crippen LogP contribution in [0, 0.1) is 0 Å². The molecule has 0 fully saturated rings. The zero-order chi connectivity index (χ0) is 26.3. The molecule has 0 saturated heterocycles. The molecule has 5 rings (SSSR count). The van der Waals surface area contributed by atoms with Crippen molar-refractivity contribution in [1.82, 2.24) is 5.43 Å². The molecule has 190 valence electrons. The number of anilines is 1. The number of hydrogen-bond acceptors (Lipinski definition) is 5. The molecular weight excluding hydrogens is 518 g/mol. The third kappa shape index (κ3) is 6.07. The van der Waals surface area contributed by atoms with E-state index in [1.165, 1.54) is 22.3 Å². The predicted molar refractivity (Wildman–Crippen MR) is 154 cm³/mol. The molecular formula is C30H24ClN3O3S. The minimum Gasteiger partial charge on any atom is -0.484 e.